The first-order valence-corrected chi connectivity index (χ1v) is 10.5. The monoisotopic (exact) mass is 415 g/mol. The third kappa shape index (κ3) is 3.69. The van der Waals surface area contributed by atoms with Gasteiger partial charge in [-0.05, 0) is 55.0 Å². The molecule has 3 aromatic rings. The number of hydrogen-bond acceptors (Lipinski definition) is 5. The maximum Gasteiger partial charge on any atom is 0.268 e. The van der Waals surface area contributed by atoms with Crippen molar-refractivity contribution in [1.29, 1.82) is 0 Å². The average Bonchev–Trinajstić information content (AvgIpc) is 3.39. The number of carbonyl (C=O) groups is 1. The lowest BCUT2D eigenvalue weighted by Crippen LogP contribution is -2.24. The van der Waals surface area contributed by atoms with Gasteiger partial charge in [0, 0.05) is 36.4 Å². The number of halogens is 2. The molecule has 1 aliphatic carbocycles. The van der Waals surface area contributed by atoms with Gasteiger partial charge >= 0.3 is 0 Å². The fraction of sp³-hybridized carbons (Fsp3) is 0.381. The Bertz CT molecular complexity index is 1030. The van der Waals surface area contributed by atoms with Gasteiger partial charge in [-0.2, -0.15) is 4.98 Å². The number of aryl methyl sites for hydroxylation is 2. The quantitative estimate of drug-likeness (QED) is 0.631. The molecule has 1 aliphatic heterocycles. The highest BCUT2D eigenvalue weighted by Crippen LogP contribution is 2.36. The SMILES string of the molecule is O=C1CC(c2noc(-c3cc4c(s3)CCCC4)n2)CN1Cc1cc(F)cc(F)c1. The summed E-state index contributed by atoms with van der Waals surface area (Å²) in [6.07, 6.45) is 4.90. The summed E-state index contributed by atoms with van der Waals surface area (Å²) in [7, 11) is 0. The Labute approximate surface area is 170 Å². The standard InChI is InChI=1S/C21H19F2N3O2S/c22-15-5-12(6-16(23)9-15)10-26-11-14(8-19(26)27)20-24-21(28-25-20)18-7-13-3-1-2-4-17(13)29-18/h5-7,9,14H,1-4,8,10-11H2. The van der Waals surface area contributed by atoms with E-state index in [2.05, 4.69) is 16.2 Å². The zero-order valence-corrected chi connectivity index (χ0v) is 16.5. The molecule has 150 valence electrons. The molecule has 0 saturated carbocycles. The molecule has 5 rings (SSSR count). The van der Waals surface area contributed by atoms with E-state index in [1.807, 2.05) is 0 Å². The number of benzene rings is 1. The van der Waals surface area contributed by atoms with E-state index in [9.17, 15) is 13.6 Å². The highest BCUT2D eigenvalue weighted by molar-refractivity contribution is 7.15. The van der Waals surface area contributed by atoms with Crippen LogP contribution in [0.2, 0.25) is 0 Å². The van der Waals surface area contributed by atoms with Crippen LogP contribution in [0.25, 0.3) is 10.8 Å². The number of fused-ring (bicyclic) bond motifs is 1. The summed E-state index contributed by atoms with van der Waals surface area (Å²) in [5, 5.41) is 4.11. The largest absolute Gasteiger partial charge is 0.338 e. The zero-order valence-electron chi connectivity index (χ0n) is 15.7. The smallest absolute Gasteiger partial charge is 0.268 e. The second-order valence-electron chi connectivity index (χ2n) is 7.68. The number of nitrogens with zero attached hydrogens (tertiary/aromatic N) is 3. The minimum Gasteiger partial charge on any atom is -0.338 e. The van der Waals surface area contributed by atoms with E-state index in [-0.39, 0.29) is 24.8 Å². The Balaban J connectivity index is 1.31. The first-order valence-electron chi connectivity index (χ1n) is 9.73. The fourth-order valence-electron chi connectivity index (χ4n) is 4.12. The molecular weight excluding hydrogens is 396 g/mol. The molecule has 1 atom stereocenters. The van der Waals surface area contributed by atoms with E-state index in [0.29, 0.717) is 23.8 Å². The van der Waals surface area contributed by atoms with Crippen LogP contribution in [0.5, 0.6) is 0 Å². The summed E-state index contributed by atoms with van der Waals surface area (Å²) >= 11 is 1.71. The predicted molar refractivity (Wildman–Crippen MR) is 103 cm³/mol. The summed E-state index contributed by atoms with van der Waals surface area (Å²) in [4.78, 5) is 20.9. The second kappa shape index (κ2) is 7.33. The maximum absolute atomic E-state index is 13.4. The Hall–Kier alpha value is -2.61. The Morgan fingerprint density at radius 3 is 2.72 bits per heavy atom. The van der Waals surface area contributed by atoms with Crippen LogP contribution in [0, 0.1) is 11.6 Å². The van der Waals surface area contributed by atoms with E-state index in [1.165, 1.54) is 35.4 Å². The molecular formula is C21H19F2N3O2S. The van der Waals surface area contributed by atoms with Gasteiger partial charge in [0.05, 0.1) is 4.88 Å². The Morgan fingerprint density at radius 2 is 1.93 bits per heavy atom. The predicted octanol–water partition coefficient (Wildman–Crippen LogP) is 4.47. The molecule has 2 aromatic heterocycles. The molecule has 1 amide bonds. The van der Waals surface area contributed by atoms with Gasteiger partial charge in [0.15, 0.2) is 5.82 Å². The molecule has 0 spiro atoms. The second-order valence-corrected chi connectivity index (χ2v) is 8.81. The van der Waals surface area contributed by atoms with Crippen LogP contribution in [0.4, 0.5) is 8.78 Å². The molecule has 1 fully saturated rings. The number of thiophene rings is 1. The van der Waals surface area contributed by atoms with Gasteiger partial charge < -0.3 is 9.42 Å². The normalized spacial score (nSPS) is 19.0. The first kappa shape index (κ1) is 18.4. The summed E-state index contributed by atoms with van der Waals surface area (Å²) < 4.78 is 32.3. The summed E-state index contributed by atoms with van der Waals surface area (Å²) in [6, 6.07) is 5.45. The maximum atomic E-state index is 13.4. The zero-order chi connectivity index (χ0) is 20.0. The van der Waals surface area contributed by atoms with Crippen molar-refractivity contribution in [2.24, 2.45) is 0 Å². The lowest BCUT2D eigenvalue weighted by atomic mass is 9.99. The van der Waals surface area contributed by atoms with Crippen molar-refractivity contribution in [2.75, 3.05) is 6.54 Å². The molecule has 2 aliphatic rings. The average molecular weight is 415 g/mol. The fourth-order valence-corrected chi connectivity index (χ4v) is 5.29. The van der Waals surface area contributed by atoms with E-state index in [1.54, 1.807) is 16.2 Å². The summed E-state index contributed by atoms with van der Waals surface area (Å²) in [5.74, 6) is -0.565. The van der Waals surface area contributed by atoms with Gasteiger partial charge in [-0.1, -0.05) is 5.16 Å². The van der Waals surface area contributed by atoms with Crippen LogP contribution in [-0.2, 0) is 24.2 Å². The summed E-state index contributed by atoms with van der Waals surface area (Å²) in [5.41, 5.74) is 1.80. The molecule has 1 unspecified atom stereocenters. The van der Waals surface area contributed by atoms with Crippen molar-refractivity contribution in [3.63, 3.8) is 0 Å². The third-order valence-corrected chi connectivity index (χ3v) is 6.75. The van der Waals surface area contributed by atoms with E-state index >= 15 is 0 Å². The highest BCUT2D eigenvalue weighted by atomic mass is 32.1. The Morgan fingerprint density at radius 1 is 1.14 bits per heavy atom. The molecule has 8 heteroatoms. The number of hydrogen-bond donors (Lipinski definition) is 0. The van der Waals surface area contributed by atoms with Crippen molar-refractivity contribution >= 4 is 17.2 Å². The van der Waals surface area contributed by atoms with Gasteiger partial charge in [0.1, 0.15) is 11.6 Å². The van der Waals surface area contributed by atoms with Gasteiger partial charge in [-0.25, -0.2) is 8.78 Å². The first-order chi connectivity index (χ1) is 14.0. The van der Waals surface area contributed by atoms with Crippen LogP contribution in [-0.4, -0.2) is 27.5 Å². The van der Waals surface area contributed by atoms with Gasteiger partial charge in [-0.15, -0.1) is 11.3 Å². The molecule has 0 N–H and O–H groups in total. The summed E-state index contributed by atoms with van der Waals surface area (Å²) in [6.45, 7) is 0.559. The van der Waals surface area contributed by atoms with Crippen LogP contribution < -0.4 is 0 Å². The molecule has 1 saturated heterocycles. The molecule has 3 heterocycles. The van der Waals surface area contributed by atoms with E-state index in [4.69, 9.17) is 4.52 Å². The molecule has 5 nitrogen and oxygen atoms in total. The van der Waals surface area contributed by atoms with E-state index < -0.39 is 11.6 Å². The minimum absolute atomic E-state index is 0.0855. The van der Waals surface area contributed by atoms with Crippen molar-refractivity contribution in [2.45, 2.75) is 44.6 Å². The van der Waals surface area contributed by atoms with Crippen LogP contribution in [0.3, 0.4) is 0 Å². The van der Waals surface area contributed by atoms with Crippen molar-refractivity contribution < 1.29 is 18.1 Å². The van der Waals surface area contributed by atoms with Gasteiger partial charge in [-0.3, -0.25) is 4.79 Å². The lowest BCUT2D eigenvalue weighted by molar-refractivity contribution is -0.128. The van der Waals surface area contributed by atoms with Crippen LogP contribution in [0.1, 0.15) is 47.0 Å². The van der Waals surface area contributed by atoms with Crippen molar-refractivity contribution in [1.82, 2.24) is 15.0 Å². The molecule has 0 bridgehead atoms. The van der Waals surface area contributed by atoms with Crippen molar-refractivity contribution in [3.05, 3.63) is 57.7 Å². The van der Waals surface area contributed by atoms with Gasteiger partial charge in [0.25, 0.3) is 5.89 Å². The molecule has 29 heavy (non-hydrogen) atoms. The number of likely N-dealkylation sites (tertiary alicyclic amines) is 1. The van der Waals surface area contributed by atoms with Gasteiger partial charge in [0.2, 0.25) is 5.91 Å². The van der Waals surface area contributed by atoms with Crippen LogP contribution >= 0.6 is 11.3 Å². The molecule has 1 aromatic carbocycles. The number of amides is 1. The highest BCUT2D eigenvalue weighted by Gasteiger charge is 2.34. The minimum atomic E-state index is -0.648. The molecule has 0 radical (unpaired) electrons. The lowest BCUT2D eigenvalue weighted by Gasteiger charge is -2.16. The number of carbonyl (C=O) groups excluding carboxylic acids is 1. The van der Waals surface area contributed by atoms with E-state index in [0.717, 1.165) is 23.8 Å². The topological polar surface area (TPSA) is 59.2 Å². The Kier molecular flexibility index (Phi) is 4.66. The third-order valence-electron chi connectivity index (χ3n) is 5.52. The number of rotatable bonds is 4. The van der Waals surface area contributed by atoms with Crippen LogP contribution in [0.15, 0.2) is 28.8 Å². The van der Waals surface area contributed by atoms with Crippen molar-refractivity contribution in [3.8, 4) is 10.8 Å². The number of aromatic nitrogens is 2.